The van der Waals surface area contributed by atoms with Gasteiger partial charge in [-0.05, 0) is 12.8 Å². The van der Waals surface area contributed by atoms with Crippen LogP contribution in [0.15, 0.2) is 12.7 Å². The van der Waals surface area contributed by atoms with Gasteiger partial charge in [-0.25, -0.2) is 0 Å². The lowest BCUT2D eigenvalue weighted by atomic mass is 9.79. The molecule has 0 unspecified atom stereocenters. The number of aromatic nitrogens is 3. The summed E-state index contributed by atoms with van der Waals surface area (Å²) in [4.78, 5) is 2.71. The number of hydrogen-bond acceptors (Lipinski definition) is 4. The summed E-state index contributed by atoms with van der Waals surface area (Å²) in [6.45, 7) is 5.68. The molecule has 0 atom stereocenters. The van der Waals surface area contributed by atoms with Crippen molar-refractivity contribution in [1.82, 2.24) is 25.0 Å². The molecule has 100 valence electrons. The van der Waals surface area contributed by atoms with Crippen molar-refractivity contribution in [2.75, 3.05) is 26.2 Å². The van der Waals surface area contributed by atoms with E-state index in [0.29, 0.717) is 5.54 Å². The molecule has 1 aromatic heterocycles. The van der Waals surface area contributed by atoms with Gasteiger partial charge in [0.1, 0.15) is 12.7 Å². The third-order valence-corrected chi connectivity index (χ3v) is 4.52. The van der Waals surface area contributed by atoms with Gasteiger partial charge in [0.15, 0.2) is 0 Å². The molecule has 1 N–H and O–H groups in total. The molecule has 5 heteroatoms. The maximum Gasteiger partial charge on any atom is 0.119 e. The number of piperazine rings is 1. The van der Waals surface area contributed by atoms with E-state index in [4.69, 9.17) is 0 Å². The predicted octanol–water partition coefficient (Wildman–Crippen LogP) is 0.886. The normalized spacial score (nSPS) is 25.1. The molecule has 2 aliphatic rings. The van der Waals surface area contributed by atoms with Crippen LogP contribution in [-0.2, 0) is 6.54 Å². The van der Waals surface area contributed by atoms with E-state index in [1.807, 2.05) is 12.7 Å². The van der Waals surface area contributed by atoms with Crippen molar-refractivity contribution in [3.63, 3.8) is 0 Å². The molecule has 1 saturated heterocycles. The fourth-order valence-electron chi connectivity index (χ4n) is 3.57. The number of nitrogens with zero attached hydrogens (tertiary/aromatic N) is 4. The first kappa shape index (κ1) is 12.1. The number of rotatable bonds is 3. The van der Waals surface area contributed by atoms with Crippen molar-refractivity contribution >= 4 is 0 Å². The molecular formula is C13H23N5. The molecule has 1 aromatic rings. The zero-order valence-corrected chi connectivity index (χ0v) is 11.0. The zero-order valence-electron chi connectivity index (χ0n) is 11.0. The van der Waals surface area contributed by atoms with Crippen LogP contribution in [0.2, 0.25) is 0 Å². The van der Waals surface area contributed by atoms with Crippen molar-refractivity contribution in [2.45, 2.75) is 44.2 Å². The number of nitrogens with one attached hydrogen (secondary N) is 1. The van der Waals surface area contributed by atoms with Gasteiger partial charge < -0.3 is 9.88 Å². The highest BCUT2D eigenvalue weighted by Gasteiger charge is 2.38. The molecule has 1 aliphatic heterocycles. The summed E-state index contributed by atoms with van der Waals surface area (Å²) in [6.07, 6.45) is 10.5. The molecule has 2 fully saturated rings. The monoisotopic (exact) mass is 249 g/mol. The Morgan fingerprint density at radius 2 is 1.67 bits per heavy atom. The van der Waals surface area contributed by atoms with Crippen LogP contribution in [0.5, 0.6) is 0 Å². The average Bonchev–Trinajstić information content (AvgIpc) is 2.94. The standard InChI is InChI=1S/C13H23N5/c1-2-4-13(5-3-1,10-17-11-15-16-12-17)18-8-6-14-7-9-18/h11-12,14H,1-10H2. The van der Waals surface area contributed by atoms with Crippen LogP contribution in [0.3, 0.4) is 0 Å². The highest BCUT2D eigenvalue weighted by Crippen LogP contribution is 2.35. The van der Waals surface area contributed by atoms with Gasteiger partial charge in [-0.15, -0.1) is 10.2 Å². The van der Waals surface area contributed by atoms with Gasteiger partial charge in [0.25, 0.3) is 0 Å². The van der Waals surface area contributed by atoms with Crippen molar-refractivity contribution in [3.8, 4) is 0 Å². The Morgan fingerprint density at radius 3 is 2.33 bits per heavy atom. The van der Waals surface area contributed by atoms with E-state index in [0.717, 1.165) is 19.6 Å². The maximum absolute atomic E-state index is 3.95. The van der Waals surface area contributed by atoms with Crippen LogP contribution in [0, 0.1) is 0 Å². The molecule has 0 aromatic carbocycles. The van der Waals surface area contributed by atoms with Crippen LogP contribution in [0.4, 0.5) is 0 Å². The zero-order chi connectivity index (χ0) is 12.3. The largest absolute Gasteiger partial charge is 0.318 e. The van der Waals surface area contributed by atoms with E-state index in [-0.39, 0.29) is 0 Å². The Bertz CT molecular complexity index is 349. The average molecular weight is 249 g/mol. The fraction of sp³-hybridized carbons (Fsp3) is 0.846. The lowest BCUT2D eigenvalue weighted by Gasteiger charge is -2.48. The summed E-state index contributed by atoms with van der Waals surface area (Å²) in [7, 11) is 0. The first-order valence-electron chi connectivity index (χ1n) is 7.17. The summed E-state index contributed by atoms with van der Waals surface area (Å²) in [5.41, 5.74) is 0.350. The minimum absolute atomic E-state index is 0.350. The van der Waals surface area contributed by atoms with Crippen molar-refractivity contribution < 1.29 is 0 Å². The molecule has 2 heterocycles. The Balaban J connectivity index is 1.78. The number of hydrogen-bond donors (Lipinski definition) is 1. The molecular weight excluding hydrogens is 226 g/mol. The molecule has 5 nitrogen and oxygen atoms in total. The van der Waals surface area contributed by atoms with Gasteiger partial charge in [0, 0.05) is 38.3 Å². The highest BCUT2D eigenvalue weighted by atomic mass is 15.3. The smallest absolute Gasteiger partial charge is 0.119 e. The van der Waals surface area contributed by atoms with Crippen LogP contribution in [0.25, 0.3) is 0 Å². The summed E-state index contributed by atoms with van der Waals surface area (Å²) >= 11 is 0. The molecule has 1 aliphatic carbocycles. The van der Waals surface area contributed by atoms with E-state index in [2.05, 4.69) is 25.0 Å². The molecule has 0 amide bonds. The lowest BCUT2D eigenvalue weighted by Crippen LogP contribution is -2.58. The van der Waals surface area contributed by atoms with Crippen molar-refractivity contribution in [1.29, 1.82) is 0 Å². The maximum atomic E-state index is 3.95. The van der Waals surface area contributed by atoms with Gasteiger partial charge in [-0.3, -0.25) is 4.90 Å². The first-order valence-corrected chi connectivity index (χ1v) is 7.17. The summed E-state index contributed by atoms with van der Waals surface area (Å²) in [6, 6.07) is 0. The lowest BCUT2D eigenvalue weighted by molar-refractivity contribution is 0.0248. The molecule has 1 saturated carbocycles. The van der Waals surface area contributed by atoms with E-state index >= 15 is 0 Å². The van der Waals surface area contributed by atoms with Crippen LogP contribution >= 0.6 is 0 Å². The molecule has 0 bridgehead atoms. The Labute approximate surface area is 109 Å². The molecule has 18 heavy (non-hydrogen) atoms. The Morgan fingerprint density at radius 1 is 1.00 bits per heavy atom. The van der Waals surface area contributed by atoms with Crippen molar-refractivity contribution in [3.05, 3.63) is 12.7 Å². The van der Waals surface area contributed by atoms with Crippen molar-refractivity contribution in [2.24, 2.45) is 0 Å². The SMILES string of the molecule is c1nncn1CC1(N2CCNCC2)CCCCC1. The van der Waals surface area contributed by atoms with E-state index in [1.54, 1.807) is 0 Å². The molecule has 0 radical (unpaired) electrons. The fourth-order valence-corrected chi connectivity index (χ4v) is 3.57. The predicted molar refractivity (Wildman–Crippen MR) is 70.3 cm³/mol. The summed E-state index contributed by atoms with van der Waals surface area (Å²) in [5.74, 6) is 0. The Hall–Kier alpha value is -0.940. The first-order chi connectivity index (χ1) is 8.89. The quantitative estimate of drug-likeness (QED) is 0.864. The van der Waals surface area contributed by atoms with E-state index in [1.165, 1.54) is 45.2 Å². The third-order valence-electron chi connectivity index (χ3n) is 4.52. The van der Waals surface area contributed by atoms with Crippen LogP contribution in [0.1, 0.15) is 32.1 Å². The van der Waals surface area contributed by atoms with Crippen LogP contribution < -0.4 is 5.32 Å². The van der Waals surface area contributed by atoms with Gasteiger partial charge in [0.05, 0.1) is 0 Å². The second-order valence-electron chi connectivity index (χ2n) is 5.66. The molecule has 0 spiro atoms. The minimum atomic E-state index is 0.350. The van der Waals surface area contributed by atoms with E-state index in [9.17, 15) is 0 Å². The topological polar surface area (TPSA) is 46.0 Å². The highest BCUT2D eigenvalue weighted by molar-refractivity contribution is 4.95. The van der Waals surface area contributed by atoms with Gasteiger partial charge in [0.2, 0.25) is 0 Å². The van der Waals surface area contributed by atoms with Gasteiger partial charge in [-0.2, -0.15) is 0 Å². The Kier molecular flexibility index (Phi) is 3.61. The third kappa shape index (κ3) is 2.42. The van der Waals surface area contributed by atoms with E-state index < -0.39 is 0 Å². The van der Waals surface area contributed by atoms with Gasteiger partial charge in [-0.1, -0.05) is 19.3 Å². The summed E-state index contributed by atoms with van der Waals surface area (Å²) < 4.78 is 2.16. The van der Waals surface area contributed by atoms with Gasteiger partial charge >= 0.3 is 0 Å². The minimum Gasteiger partial charge on any atom is -0.318 e. The molecule has 3 rings (SSSR count). The summed E-state index contributed by atoms with van der Waals surface area (Å²) in [5, 5.41) is 11.3. The second kappa shape index (κ2) is 5.36. The van der Waals surface area contributed by atoms with Crippen LogP contribution in [-0.4, -0.2) is 51.4 Å². The second-order valence-corrected chi connectivity index (χ2v) is 5.66.